The topological polar surface area (TPSA) is 87.9 Å². The first-order valence-electron chi connectivity index (χ1n) is 9.76. The number of benzene rings is 1. The predicted molar refractivity (Wildman–Crippen MR) is 105 cm³/mol. The molecule has 1 amide bonds. The molecule has 0 unspecified atom stereocenters. The zero-order chi connectivity index (χ0) is 19.7. The molecule has 1 aromatic carbocycles. The highest BCUT2D eigenvalue weighted by molar-refractivity contribution is 5.95. The van der Waals surface area contributed by atoms with Gasteiger partial charge in [0.15, 0.2) is 0 Å². The van der Waals surface area contributed by atoms with Crippen molar-refractivity contribution in [1.29, 1.82) is 0 Å². The summed E-state index contributed by atoms with van der Waals surface area (Å²) in [5.74, 6) is 1.65. The van der Waals surface area contributed by atoms with Crippen LogP contribution in [0.1, 0.15) is 53.5 Å². The summed E-state index contributed by atoms with van der Waals surface area (Å²) in [5.41, 5.74) is 4.86. The number of aromatic amines is 1. The van der Waals surface area contributed by atoms with Crippen molar-refractivity contribution in [2.45, 2.75) is 46.6 Å². The van der Waals surface area contributed by atoms with Gasteiger partial charge >= 0.3 is 0 Å². The van der Waals surface area contributed by atoms with Crippen LogP contribution in [0.2, 0.25) is 0 Å². The van der Waals surface area contributed by atoms with Crippen molar-refractivity contribution < 1.29 is 9.32 Å². The maximum absolute atomic E-state index is 13.1. The van der Waals surface area contributed by atoms with E-state index in [0.717, 1.165) is 30.5 Å². The largest absolute Gasteiger partial charge is 0.339 e. The van der Waals surface area contributed by atoms with Gasteiger partial charge in [0, 0.05) is 48.8 Å². The van der Waals surface area contributed by atoms with E-state index in [9.17, 15) is 4.79 Å². The highest BCUT2D eigenvalue weighted by Crippen LogP contribution is 2.25. The molecule has 0 saturated carbocycles. The van der Waals surface area contributed by atoms with Crippen molar-refractivity contribution in [3.05, 3.63) is 52.7 Å². The van der Waals surface area contributed by atoms with Crippen molar-refractivity contribution in [1.82, 2.24) is 25.2 Å². The number of carbonyl (C=O) groups is 1. The fraction of sp³-hybridized carbons (Fsp3) is 0.429. The van der Waals surface area contributed by atoms with Crippen LogP contribution >= 0.6 is 0 Å². The summed E-state index contributed by atoms with van der Waals surface area (Å²) in [6.07, 6.45) is 2.84. The molecule has 2 aromatic heterocycles. The second kappa shape index (κ2) is 7.58. The maximum Gasteiger partial charge on any atom is 0.254 e. The van der Waals surface area contributed by atoms with Crippen LogP contribution in [0.15, 0.2) is 28.8 Å². The number of fused-ring (bicyclic) bond motifs is 1. The molecule has 1 N–H and O–H groups in total. The van der Waals surface area contributed by atoms with E-state index >= 15 is 0 Å². The number of nitrogens with one attached hydrogen (secondary N) is 1. The van der Waals surface area contributed by atoms with E-state index in [2.05, 4.69) is 34.2 Å². The Kier molecular flexibility index (Phi) is 4.98. The van der Waals surface area contributed by atoms with Gasteiger partial charge in [-0.1, -0.05) is 31.1 Å². The van der Waals surface area contributed by atoms with Crippen LogP contribution in [0, 0.1) is 12.8 Å². The third kappa shape index (κ3) is 3.69. The summed E-state index contributed by atoms with van der Waals surface area (Å²) < 4.78 is 5.05. The van der Waals surface area contributed by atoms with E-state index in [-0.39, 0.29) is 5.91 Å². The molecule has 3 aromatic rings. The molecule has 0 fully saturated rings. The van der Waals surface area contributed by atoms with Crippen molar-refractivity contribution in [2.75, 3.05) is 6.54 Å². The van der Waals surface area contributed by atoms with Crippen LogP contribution < -0.4 is 0 Å². The van der Waals surface area contributed by atoms with E-state index in [1.54, 1.807) is 6.92 Å². The Balaban J connectivity index is 1.53. The smallest absolute Gasteiger partial charge is 0.254 e. The summed E-state index contributed by atoms with van der Waals surface area (Å²) in [6, 6.07) is 7.41. The number of aromatic nitrogens is 4. The lowest BCUT2D eigenvalue weighted by molar-refractivity contribution is 0.0734. The fourth-order valence-corrected chi connectivity index (χ4v) is 3.55. The van der Waals surface area contributed by atoms with Gasteiger partial charge in [-0.05, 0) is 30.9 Å². The van der Waals surface area contributed by atoms with E-state index in [4.69, 9.17) is 4.52 Å². The SMILES string of the molecule is Cc1nc(-c2cccc(C(=O)N3CCc4[nH]nc(CCC(C)C)c4C3)c2)no1. The quantitative estimate of drug-likeness (QED) is 0.732. The van der Waals surface area contributed by atoms with Gasteiger partial charge in [0.05, 0.1) is 5.69 Å². The molecule has 0 aliphatic carbocycles. The molecule has 146 valence electrons. The van der Waals surface area contributed by atoms with Gasteiger partial charge in [-0.15, -0.1) is 0 Å². The molecule has 4 rings (SSSR count). The molecule has 0 spiro atoms. The molecular weight excluding hydrogens is 354 g/mol. The predicted octanol–water partition coefficient (Wildman–Crippen LogP) is 3.56. The Morgan fingerprint density at radius 2 is 2.21 bits per heavy atom. The molecule has 3 heterocycles. The van der Waals surface area contributed by atoms with Crippen molar-refractivity contribution in [3.8, 4) is 11.4 Å². The molecule has 0 atom stereocenters. The summed E-state index contributed by atoms with van der Waals surface area (Å²) in [5, 5.41) is 11.6. The van der Waals surface area contributed by atoms with E-state index < -0.39 is 0 Å². The Morgan fingerprint density at radius 1 is 1.36 bits per heavy atom. The summed E-state index contributed by atoms with van der Waals surface area (Å²) in [7, 11) is 0. The minimum absolute atomic E-state index is 0.0173. The minimum Gasteiger partial charge on any atom is -0.339 e. The van der Waals surface area contributed by atoms with E-state index in [1.807, 2.05) is 29.2 Å². The molecule has 0 bridgehead atoms. The number of nitrogens with zero attached hydrogens (tertiary/aromatic N) is 4. The van der Waals surface area contributed by atoms with Gasteiger partial charge in [-0.25, -0.2) is 0 Å². The summed E-state index contributed by atoms with van der Waals surface area (Å²) in [6.45, 7) is 7.46. The number of carbonyl (C=O) groups excluding carboxylic acids is 1. The summed E-state index contributed by atoms with van der Waals surface area (Å²) in [4.78, 5) is 19.3. The second-order valence-electron chi connectivity index (χ2n) is 7.75. The number of H-pyrrole nitrogens is 1. The van der Waals surface area contributed by atoms with Crippen molar-refractivity contribution >= 4 is 5.91 Å². The van der Waals surface area contributed by atoms with E-state index in [1.165, 1.54) is 11.3 Å². The van der Waals surface area contributed by atoms with Crippen LogP contribution in [-0.2, 0) is 19.4 Å². The van der Waals surface area contributed by atoms with Gasteiger partial charge in [-0.3, -0.25) is 9.89 Å². The molecule has 0 saturated heterocycles. The molecule has 0 radical (unpaired) electrons. The highest BCUT2D eigenvalue weighted by Gasteiger charge is 2.26. The van der Waals surface area contributed by atoms with Crippen molar-refractivity contribution in [3.63, 3.8) is 0 Å². The monoisotopic (exact) mass is 379 g/mol. The number of hydrogen-bond acceptors (Lipinski definition) is 5. The number of hydrogen-bond donors (Lipinski definition) is 1. The fourth-order valence-electron chi connectivity index (χ4n) is 3.55. The lowest BCUT2D eigenvalue weighted by Crippen LogP contribution is -2.36. The standard InChI is InChI=1S/C21H25N5O2/c1-13(2)7-8-18-17-12-26(10-9-19(17)24-23-18)21(27)16-6-4-5-15(11-16)20-22-14(3)28-25-20/h4-6,11,13H,7-10,12H2,1-3H3,(H,23,24). The second-order valence-corrected chi connectivity index (χ2v) is 7.75. The van der Waals surface area contributed by atoms with E-state index in [0.29, 0.717) is 36.3 Å². The first-order valence-corrected chi connectivity index (χ1v) is 9.76. The minimum atomic E-state index is 0.0173. The molecular formula is C21H25N5O2. The lowest BCUT2D eigenvalue weighted by atomic mass is 9.99. The molecule has 1 aliphatic rings. The third-order valence-corrected chi connectivity index (χ3v) is 5.16. The van der Waals surface area contributed by atoms with Gasteiger partial charge in [0.2, 0.25) is 11.7 Å². The zero-order valence-electron chi connectivity index (χ0n) is 16.5. The Hall–Kier alpha value is -2.96. The average molecular weight is 379 g/mol. The molecule has 28 heavy (non-hydrogen) atoms. The number of rotatable bonds is 5. The van der Waals surface area contributed by atoms with Gasteiger partial charge in [-0.2, -0.15) is 10.1 Å². The van der Waals surface area contributed by atoms with Crippen LogP contribution in [-0.4, -0.2) is 37.7 Å². The van der Waals surface area contributed by atoms with Crippen LogP contribution in [0.25, 0.3) is 11.4 Å². The summed E-state index contributed by atoms with van der Waals surface area (Å²) >= 11 is 0. The number of aryl methyl sites for hydroxylation is 2. The Bertz CT molecular complexity index is 988. The number of amides is 1. The Morgan fingerprint density at radius 3 is 2.96 bits per heavy atom. The third-order valence-electron chi connectivity index (χ3n) is 5.16. The average Bonchev–Trinajstić information content (AvgIpc) is 3.31. The normalized spacial score (nSPS) is 13.8. The zero-order valence-corrected chi connectivity index (χ0v) is 16.5. The highest BCUT2D eigenvalue weighted by atomic mass is 16.5. The van der Waals surface area contributed by atoms with Gasteiger partial charge in [0.1, 0.15) is 0 Å². The van der Waals surface area contributed by atoms with Gasteiger partial charge < -0.3 is 9.42 Å². The van der Waals surface area contributed by atoms with Crippen LogP contribution in [0.3, 0.4) is 0 Å². The first kappa shape index (κ1) is 18.4. The van der Waals surface area contributed by atoms with Crippen molar-refractivity contribution in [2.24, 2.45) is 5.92 Å². The lowest BCUT2D eigenvalue weighted by Gasteiger charge is -2.27. The molecule has 7 heteroatoms. The molecule has 1 aliphatic heterocycles. The van der Waals surface area contributed by atoms with Crippen LogP contribution in [0.5, 0.6) is 0 Å². The maximum atomic E-state index is 13.1. The first-order chi connectivity index (χ1) is 13.5. The Labute approximate surface area is 164 Å². The van der Waals surface area contributed by atoms with Crippen LogP contribution in [0.4, 0.5) is 0 Å². The molecule has 7 nitrogen and oxygen atoms in total. The van der Waals surface area contributed by atoms with Gasteiger partial charge in [0.25, 0.3) is 5.91 Å².